The number of anilines is 1. The Labute approximate surface area is 116 Å². The van der Waals surface area contributed by atoms with Gasteiger partial charge in [-0.15, -0.1) is 11.3 Å². The molecule has 0 aliphatic heterocycles. The van der Waals surface area contributed by atoms with Crippen molar-refractivity contribution in [1.29, 1.82) is 0 Å². The Bertz CT molecular complexity index is 585. The van der Waals surface area contributed by atoms with Crippen LogP contribution in [0.1, 0.15) is 4.88 Å². The van der Waals surface area contributed by atoms with Crippen molar-refractivity contribution in [3.05, 3.63) is 45.4 Å². The molecule has 0 aliphatic carbocycles. The van der Waals surface area contributed by atoms with Crippen LogP contribution in [0, 0.1) is 5.82 Å². The van der Waals surface area contributed by atoms with Crippen LogP contribution in [0.5, 0.6) is 0 Å². The van der Waals surface area contributed by atoms with Gasteiger partial charge in [-0.1, -0.05) is 11.6 Å². The first-order valence-electron chi connectivity index (χ1n) is 5.17. The molecule has 0 saturated carbocycles. The second kappa shape index (κ2) is 5.82. The Balaban J connectivity index is 2.06. The lowest BCUT2D eigenvalue weighted by Crippen LogP contribution is -1.99. The zero-order valence-corrected chi connectivity index (χ0v) is 12.0. The fourth-order valence-electron chi connectivity index (χ4n) is 1.48. The summed E-state index contributed by atoms with van der Waals surface area (Å²) < 4.78 is 25.5. The van der Waals surface area contributed by atoms with Crippen LogP contribution < -0.4 is 5.32 Å². The first kappa shape index (κ1) is 13.5. The van der Waals surface area contributed by atoms with Crippen molar-refractivity contribution in [1.82, 2.24) is 0 Å². The molecule has 0 radical (unpaired) electrons. The van der Waals surface area contributed by atoms with Crippen LogP contribution in [0.4, 0.5) is 10.1 Å². The van der Waals surface area contributed by atoms with Gasteiger partial charge in [-0.3, -0.25) is 4.21 Å². The summed E-state index contributed by atoms with van der Waals surface area (Å²) in [5, 5.41) is 3.09. The number of rotatable bonds is 4. The largest absolute Gasteiger partial charge is 0.380 e. The van der Waals surface area contributed by atoms with Crippen LogP contribution >= 0.6 is 22.9 Å². The number of hydrogen-bond donors (Lipinski definition) is 1. The second-order valence-electron chi connectivity index (χ2n) is 3.66. The Morgan fingerprint density at radius 1 is 1.39 bits per heavy atom. The van der Waals surface area contributed by atoms with Gasteiger partial charge in [0.1, 0.15) is 5.82 Å². The van der Waals surface area contributed by atoms with E-state index in [4.69, 9.17) is 11.6 Å². The first-order chi connectivity index (χ1) is 8.56. The van der Waals surface area contributed by atoms with Crippen molar-refractivity contribution in [3.63, 3.8) is 0 Å². The third-order valence-corrected chi connectivity index (χ3v) is 4.52. The van der Waals surface area contributed by atoms with Gasteiger partial charge in [0.05, 0.1) is 20.0 Å². The molecule has 2 aromatic rings. The summed E-state index contributed by atoms with van der Waals surface area (Å²) in [7, 11) is -1.30. The third kappa shape index (κ3) is 3.31. The summed E-state index contributed by atoms with van der Waals surface area (Å²) in [6.07, 6.45) is 1.46. The van der Waals surface area contributed by atoms with Gasteiger partial charge < -0.3 is 5.32 Å². The molecule has 96 valence electrons. The molecule has 1 heterocycles. The predicted octanol–water partition coefficient (Wildman–Crippen LogP) is 3.89. The monoisotopic (exact) mass is 303 g/mol. The Kier molecular flexibility index (Phi) is 4.37. The fourth-order valence-corrected chi connectivity index (χ4v) is 3.10. The summed E-state index contributed by atoms with van der Waals surface area (Å²) in [6, 6.07) is 8.36. The zero-order chi connectivity index (χ0) is 13.1. The van der Waals surface area contributed by atoms with E-state index in [1.807, 2.05) is 12.1 Å². The highest BCUT2D eigenvalue weighted by Gasteiger charge is 2.07. The van der Waals surface area contributed by atoms with Crippen molar-refractivity contribution in [2.45, 2.75) is 11.4 Å². The predicted molar refractivity (Wildman–Crippen MR) is 75.4 cm³/mol. The molecule has 0 fully saturated rings. The second-order valence-corrected chi connectivity index (χ2v) is 6.81. The van der Waals surface area contributed by atoms with Crippen LogP contribution in [0.3, 0.4) is 0 Å². The standard InChI is InChI=1S/C12H11ClFNOS2/c1-18(16)11-4-2-8(6-10(11)14)15-7-9-3-5-12(13)17-9/h2-6,15H,7H2,1H3/t18-/m0/s1. The minimum atomic E-state index is -1.30. The maximum atomic E-state index is 13.6. The molecule has 1 N–H and O–H groups in total. The van der Waals surface area contributed by atoms with Crippen molar-refractivity contribution in [2.75, 3.05) is 11.6 Å². The third-order valence-electron chi connectivity index (χ3n) is 2.34. The van der Waals surface area contributed by atoms with Gasteiger partial charge in [-0.2, -0.15) is 0 Å². The molecule has 6 heteroatoms. The summed E-state index contributed by atoms with van der Waals surface area (Å²) in [5.41, 5.74) is 0.659. The van der Waals surface area contributed by atoms with E-state index in [2.05, 4.69) is 5.32 Å². The number of hydrogen-bond acceptors (Lipinski definition) is 3. The topological polar surface area (TPSA) is 29.1 Å². The van der Waals surface area contributed by atoms with Crippen molar-refractivity contribution in [2.24, 2.45) is 0 Å². The Morgan fingerprint density at radius 3 is 2.72 bits per heavy atom. The Morgan fingerprint density at radius 2 is 2.17 bits per heavy atom. The van der Waals surface area contributed by atoms with Crippen LogP contribution in [-0.4, -0.2) is 10.5 Å². The van der Waals surface area contributed by atoms with E-state index >= 15 is 0 Å². The molecule has 0 spiro atoms. The van der Waals surface area contributed by atoms with E-state index in [-0.39, 0.29) is 4.90 Å². The first-order valence-corrected chi connectivity index (χ1v) is 7.92. The molecule has 2 rings (SSSR count). The number of nitrogens with one attached hydrogen (secondary N) is 1. The van der Waals surface area contributed by atoms with Crippen molar-refractivity contribution < 1.29 is 8.60 Å². The SMILES string of the molecule is C[S@](=O)c1ccc(NCc2ccc(Cl)s2)cc1F. The lowest BCUT2D eigenvalue weighted by molar-refractivity contribution is 0.596. The molecule has 0 unspecified atom stereocenters. The molecule has 0 amide bonds. The molecule has 0 saturated heterocycles. The van der Waals surface area contributed by atoms with E-state index in [0.29, 0.717) is 12.2 Å². The molecule has 1 aromatic heterocycles. The molecule has 0 aliphatic rings. The molecule has 1 atom stereocenters. The van der Waals surface area contributed by atoms with Crippen LogP contribution in [0.25, 0.3) is 0 Å². The van der Waals surface area contributed by atoms with Crippen molar-refractivity contribution >= 4 is 39.4 Å². The van der Waals surface area contributed by atoms with Crippen LogP contribution in [0.2, 0.25) is 4.34 Å². The van der Waals surface area contributed by atoms with E-state index in [9.17, 15) is 8.60 Å². The highest BCUT2D eigenvalue weighted by Crippen LogP contribution is 2.23. The molecule has 0 bridgehead atoms. The minimum Gasteiger partial charge on any atom is -0.380 e. The average molecular weight is 304 g/mol. The van der Waals surface area contributed by atoms with Gasteiger partial charge >= 0.3 is 0 Å². The quantitative estimate of drug-likeness (QED) is 0.928. The molecular formula is C12H11ClFNOS2. The lowest BCUT2D eigenvalue weighted by Gasteiger charge is -2.06. The summed E-state index contributed by atoms with van der Waals surface area (Å²) in [6.45, 7) is 0.589. The van der Waals surface area contributed by atoms with E-state index in [0.717, 1.165) is 9.21 Å². The van der Waals surface area contributed by atoms with Gasteiger partial charge in [-0.05, 0) is 30.3 Å². The van der Waals surface area contributed by atoms with Gasteiger partial charge in [0.15, 0.2) is 0 Å². The van der Waals surface area contributed by atoms with Crippen LogP contribution in [0.15, 0.2) is 35.2 Å². The van der Waals surface area contributed by atoms with Gasteiger partial charge in [0.2, 0.25) is 0 Å². The minimum absolute atomic E-state index is 0.222. The summed E-state index contributed by atoms with van der Waals surface area (Å²) in [4.78, 5) is 1.29. The number of thiophene rings is 1. The molecule has 2 nitrogen and oxygen atoms in total. The smallest absolute Gasteiger partial charge is 0.141 e. The molecule has 18 heavy (non-hydrogen) atoms. The van der Waals surface area contributed by atoms with Gasteiger partial charge in [0.25, 0.3) is 0 Å². The normalized spacial score (nSPS) is 12.4. The van der Waals surface area contributed by atoms with E-state index in [1.54, 1.807) is 6.07 Å². The van der Waals surface area contributed by atoms with Gasteiger partial charge in [-0.25, -0.2) is 4.39 Å². The van der Waals surface area contributed by atoms with Gasteiger partial charge in [0, 0.05) is 23.4 Å². The maximum Gasteiger partial charge on any atom is 0.141 e. The number of benzene rings is 1. The highest BCUT2D eigenvalue weighted by molar-refractivity contribution is 7.84. The summed E-state index contributed by atoms with van der Waals surface area (Å²) in [5.74, 6) is -0.454. The van der Waals surface area contributed by atoms with Crippen LogP contribution in [-0.2, 0) is 17.3 Å². The highest BCUT2D eigenvalue weighted by atomic mass is 35.5. The molecule has 1 aromatic carbocycles. The summed E-state index contributed by atoms with van der Waals surface area (Å²) >= 11 is 7.30. The Hall–Kier alpha value is -0.910. The van der Waals surface area contributed by atoms with E-state index < -0.39 is 16.6 Å². The average Bonchev–Trinajstić information content (AvgIpc) is 2.72. The van der Waals surface area contributed by atoms with Crippen molar-refractivity contribution in [3.8, 4) is 0 Å². The van der Waals surface area contributed by atoms with E-state index in [1.165, 1.54) is 29.7 Å². The zero-order valence-electron chi connectivity index (χ0n) is 9.57. The fraction of sp³-hybridized carbons (Fsp3) is 0.167. The maximum absolute atomic E-state index is 13.6. The number of halogens is 2. The lowest BCUT2D eigenvalue weighted by atomic mass is 10.3. The molecular weight excluding hydrogens is 293 g/mol.